The first-order valence-electron chi connectivity index (χ1n) is 5.73. The van der Waals surface area contributed by atoms with E-state index in [2.05, 4.69) is 0 Å². The quantitative estimate of drug-likeness (QED) is 0.875. The zero-order valence-electron chi connectivity index (χ0n) is 10.4. The molecule has 19 heavy (non-hydrogen) atoms. The maximum absolute atomic E-state index is 9.50. The third kappa shape index (κ3) is 3.64. The van der Waals surface area contributed by atoms with Gasteiger partial charge in [0.25, 0.3) is 0 Å². The molecule has 0 radical (unpaired) electrons. The molecule has 4 heteroatoms. The van der Waals surface area contributed by atoms with E-state index in [1.54, 1.807) is 30.4 Å². The number of hydrogen-bond acceptors (Lipinski definition) is 3. The summed E-state index contributed by atoms with van der Waals surface area (Å²) in [7, 11) is 0. The molecule has 0 atom stereocenters. The molecule has 1 aliphatic carbocycles. The van der Waals surface area contributed by atoms with Gasteiger partial charge in [-0.15, -0.1) is 0 Å². The Morgan fingerprint density at radius 1 is 1.32 bits per heavy atom. The van der Waals surface area contributed by atoms with Crippen molar-refractivity contribution in [3.05, 3.63) is 64.1 Å². The SMILES string of the molecule is CC1=CC(O)=CCC(Oc2cc(Cl)cc(C#N)c2)=C1. The van der Waals surface area contributed by atoms with Gasteiger partial charge >= 0.3 is 0 Å². The molecule has 2 rings (SSSR count). The highest BCUT2D eigenvalue weighted by Gasteiger charge is 2.07. The Morgan fingerprint density at radius 3 is 2.84 bits per heavy atom. The number of benzene rings is 1. The minimum atomic E-state index is 0.219. The van der Waals surface area contributed by atoms with Gasteiger partial charge in [0.2, 0.25) is 0 Å². The monoisotopic (exact) mass is 273 g/mol. The summed E-state index contributed by atoms with van der Waals surface area (Å²) in [5, 5.41) is 18.8. The minimum absolute atomic E-state index is 0.219. The summed E-state index contributed by atoms with van der Waals surface area (Å²) in [5.74, 6) is 1.41. The third-order valence-corrected chi connectivity index (χ3v) is 2.74. The largest absolute Gasteiger partial charge is 0.508 e. The summed E-state index contributed by atoms with van der Waals surface area (Å²) in [4.78, 5) is 0. The van der Waals surface area contributed by atoms with Gasteiger partial charge in [-0.3, -0.25) is 0 Å². The van der Waals surface area contributed by atoms with Crippen LogP contribution in [0.5, 0.6) is 5.75 Å². The molecule has 1 aromatic rings. The summed E-state index contributed by atoms with van der Waals surface area (Å²) in [6.07, 6.45) is 5.65. The molecular weight excluding hydrogens is 262 g/mol. The maximum Gasteiger partial charge on any atom is 0.129 e. The lowest BCUT2D eigenvalue weighted by Crippen LogP contribution is -1.95. The number of hydrogen-bond donors (Lipinski definition) is 1. The summed E-state index contributed by atoms with van der Waals surface area (Å²) in [6, 6.07) is 6.88. The van der Waals surface area contributed by atoms with Gasteiger partial charge in [0.05, 0.1) is 11.6 Å². The predicted octanol–water partition coefficient (Wildman–Crippen LogP) is 4.27. The van der Waals surface area contributed by atoms with Crippen LogP contribution in [-0.4, -0.2) is 5.11 Å². The first kappa shape index (κ1) is 13.3. The van der Waals surface area contributed by atoms with Gasteiger partial charge in [0.15, 0.2) is 0 Å². The number of rotatable bonds is 2. The van der Waals surface area contributed by atoms with Crippen molar-refractivity contribution in [1.82, 2.24) is 0 Å². The summed E-state index contributed by atoms with van der Waals surface area (Å²) in [6.45, 7) is 1.87. The van der Waals surface area contributed by atoms with Crippen LogP contribution in [0.1, 0.15) is 18.9 Å². The second-order valence-corrected chi connectivity index (χ2v) is 4.66. The molecule has 0 heterocycles. The molecule has 1 aromatic carbocycles. The van der Waals surface area contributed by atoms with Crippen molar-refractivity contribution >= 4 is 11.6 Å². The molecule has 0 saturated carbocycles. The standard InChI is InChI=1S/C15H12ClNO2/c1-10-4-13(18)2-3-14(5-10)19-15-7-11(9-17)6-12(16)8-15/h2,4-8,18H,3H2,1H3. The number of aliphatic hydroxyl groups is 1. The van der Waals surface area contributed by atoms with Crippen LogP contribution < -0.4 is 4.74 Å². The van der Waals surface area contributed by atoms with Crippen molar-refractivity contribution in [1.29, 1.82) is 5.26 Å². The van der Waals surface area contributed by atoms with Crippen LogP contribution in [0.2, 0.25) is 5.02 Å². The summed E-state index contributed by atoms with van der Waals surface area (Å²) in [5.41, 5.74) is 1.34. The van der Waals surface area contributed by atoms with E-state index in [1.807, 2.05) is 19.1 Å². The second kappa shape index (κ2) is 5.64. The molecule has 1 aliphatic rings. The average Bonchev–Trinajstić information content (AvgIpc) is 2.49. The van der Waals surface area contributed by atoms with Crippen LogP contribution >= 0.6 is 11.6 Å². The Balaban J connectivity index is 2.25. The Labute approximate surface area is 116 Å². The summed E-state index contributed by atoms with van der Waals surface area (Å²) >= 11 is 5.92. The highest BCUT2D eigenvalue weighted by atomic mass is 35.5. The number of halogens is 1. The van der Waals surface area contributed by atoms with Gasteiger partial charge in [0, 0.05) is 11.4 Å². The van der Waals surface area contributed by atoms with E-state index in [-0.39, 0.29) is 5.76 Å². The van der Waals surface area contributed by atoms with Gasteiger partial charge in [-0.05, 0) is 48.9 Å². The molecule has 1 N–H and O–H groups in total. The Hall–Kier alpha value is -2.18. The van der Waals surface area contributed by atoms with E-state index < -0.39 is 0 Å². The molecule has 0 aromatic heterocycles. The predicted molar refractivity (Wildman–Crippen MR) is 74.0 cm³/mol. The lowest BCUT2D eigenvalue weighted by Gasteiger charge is -2.09. The van der Waals surface area contributed by atoms with Crippen LogP contribution in [0.3, 0.4) is 0 Å². The minimum Gasteiger partial charge on any atom is -0.508 e. The lowest BCUT2D eigenvalue weighted by atomic mass is 10.2. The molecule has 0 unspecified atom stereocenters. The first-order chi connectivity index (χ1) is 9.06. The molecule has 0 spiro atoms. The van der Waals surface area contributed by atoms with E-state index in [4.69, 9.17) is 21.6 Å². The zero-order chi connectivity index (χ0) is 13.8. The fourth-order valence-electron chi connectivity index (χ4n) is 1.76. The smallest absolute Gasteiger partial charge is 0.129 e. The number of aliphatic hydroxyl groups excluding tert-OH is 1. The molecule has 0 fully saturated rings. The van der Waals surface area contributed by atoms with Crippen LogP contribution in [0.4, 0.5) is 0 Å². The normalized spacial score (nSPS) is 14.7. The zero-order valence-corrected chi connectivity index (χ0v) is 11.1. The fourth-order valence-corrected chi connectivity index (χ4v) is 1.99. The van der Waals surface area contributed by atoms with Crippen molar-refractivity contribution in [2.75, 3.05) is 0 Å². The van der Waals surface area contributed by atoms with Gasteiger partial charge < -0.3 is 9.84 Å². The fraction of sp³-hybridized carbons (Fsp3) is 0.133. The number of ether oxygens (including phenoxy) is 1. The number of nitriles is 1. The van der Waals surface area contributed by atoms with E-state index in [0.29, 0.717) is 28.5 Å². The topological polar surface area (TPSA) is 53.2 Å². The molecule has 0 saturated heterocycles. The first-order valence-corrected chi connectivity index (χ1v) is 6.11. The summed E-state index contributed by atoms with van der Waals surface area (Å²) < 4.78 is 5.71. The van der Waals surface area contributed by atoms with E-state index in [1.165, 1.54) is 0 Å². The van der Waals surface area contributed by atoms with E-state index in [9.17, 15) is 5.11 Å². The van der Waals surface area contributed by atoms with Crippen LogP contribution in [0.25, 0.3) is 0 Å². The van der Waals surface area contributed by atoms with Crippen LogP contribution in [-0.2, 0) is 0 Å². The molecule has 0 aliphatic heterocycles. The van der Waals surface area contributed by atoms with Crippen molar-refractivity contribution in [3.63, 3.8) is 0 Å². The molecule has 3 nitrogen and oxygen atoms in total. The average molecular weight is 274 g/mol. The molecule has 0 amide bonds. The van der Waals surface area contributed by atoms with Crippen molar-refractivity contribution < 1.29 is 9.84 Å². The second-order valence-electron chi connectivity index (χ2n) is 4.22. The van der Waals surface area contributed by atoms with Crippen molar-refractivity contribution in [3.8, 4) is 11.8 Å². The van der Waals surface area contributed by atoms with E-state index >= 15 is 0 Å². The van der Waals surface area contributed by atoms with Crippen molar-refractivity contribution in [2.45, 2.75) is 13.3 Å². The third-order valence-electron chi connectivity index (χ3n) is 2.53. The Bertz CT molecular complexity index is 636. The van der Waals surface area contributed by atoms with Crippen LogP contribution in [0.15, 0.2) is 53.5 Å². The molecule has 96 valence electrons. The van der Waals surface area contributed by atoms with Crippen molar-refractivity contribution in [2.24, 2.45) is 0 Å². The highest BCUT2D eigenvalue weighted by molar-refractivity contribution is 6.30. The van der Waals surface area contributed by atoms with E-state index in [0.717, 1.165) is 5.57 Å². The molecular formula is C15H12ClNO2. The Morgan fingerprint density at radius 2 is 2.11 bits per heavy atom. The Kier molecular flexibility index (Phi) is 3.94. The lowest BCUT2D eigenvalue weighted by molar-refractivity contribution is 0.407. The highest BCUT2D eigenvalue weighted by Crippen LogP contribution is 2.25. The maximum atomic E-state index is 9.50. The van der Waals surface area contributed by atoms with Gasteiger partial charge in [-0.25, -0.2) is 0 Å². The van der Waals surface area contributed by atoms with Gasteiger partial charge in [-0.2, -0.15) is 5.26 Å². The van der Waals surface area contributed by atoms with Gasteiger partial charge in [-0.1, -0.05) is 11.6 Å². The van der Waals surface area contributed by atoms with Crippen LogP contribution in [0, 0.1) is 11.3 Å². The number of allylic oxidation sites excluding steroid dienone is 4. The molecule has 0 bridgehead atoms. The number of nitrogens with zero attached hydrogens (tertiary/aromatic N) is 1. The van der Waals surface area contributed by atoms with Gasteiger partial charge in [0.1, 0.15) is 17.3 Å².